The van der Waals surface area contributed by atoms with E-state index in [1.165, 1.54) is 12.5 Å². The first-order chi connectivity index (χ1) is 12.4. The normalized spacial score (nSPS) is 15.9. The van der Waals surface area contributed by atoms with E-state index in [0.717, 1.165) is 17.1 Å². The van der Waals surface area contributed by atoms with Crippen LogP contribution in [0.25, 0.3) is 0 Å². The Morgan fingerprint density at radius 1 is 1.15 bits per heavy atom. The second-order valence-electron chi connectivity index (χ2n) is 5.86. The highest BCUT2D eigenvalue weighted by Crippen LogP contribution is 2.44. The van der Waals surface area contributed by atoms with Crippen molar-refractivity contribution in [3.8, 4) is 0 Å². The highest BCUT2D eigenvalue weighted by atomic mass is 31.2. The number of nitrogens with zero attached hydrogens (tertiary/aromatic N) is 2. The zero-order valence-corrected chi connectivity index (χ0v) is 16.1. The average molecular weight is 423 g/mol. The molecule has 1 rings (SSSR count). The molecule has 1 heterocycles. The number of imidazole rings is 1. The first-order valence-electron chi connectivity index (χ1n) is 7.70. The molecule has 13 heteroatoms. The number of nitrogens with one attached hydrogen (secondary N) is 1. The molecular formula is C14H23N3O8P2. The summed E-state index contributed by atoms with van der Waals surface area (Å²) in [7, 11) is -9.31. The van der Waals surface area contributed by atoms with Crippen molar-refractivity contribution in [2.24, 2.45) is 0 Å². The topological polar surface area (TPSA) is 184 Å². The first kappa shape index (κ1) is 23.5. The highest BCUT2D eigenvalue weighted by Gasteiger charge is 2.37. The summed E-state index contributed by atoms with van der Waals surface area (Å²) in [5.41, 5.74) is -2.47. The van der Waals surface area contributed by atoms with E-state index < -0.39 is 51.6 Å². The van der Waals surface area contributed by atoms with E-state index in [4.69, 9.17) is 0 Å². The van der Waals surface area contributed by atoms with Crippen molar-refractivity contribution in [2.45, 2.75) is 23.8 Å². The molecule has 0 aliphatic carbocycles. The average Bonchev–Trinajstić information content (AvgIpc) is 3.03. The van der Waals surface area contributed by atoms with Crippen molar-refractivity contribution in [3.05, 3.63) is 43.5 Å². The number of aliphatic carboxylic acids is 1. The smallest absolute Gasteiger partial charge is 0.333 e. The largest absolute Gasteiger partial charge is 0.480 e. The van der Waals surface area contributed by atoms with Crippen LogP contribution in [0.1, 0.15) is 5.69 Å². The minimum absolute atomic E-state index is 0.144. The van der Waals surface area contributed by atoms with Gasteiger partial charge >= 0.3 is 21.2 Å². The van der Waals surface area contributed by atoms with Gasteiger partial charge in [0, 0.05) is 25.7 Å². The molecule has 0 saturated heterocycles. The Hall–Kier alpha value is -1.58. The lowest BCUT2D eigenvalue weighted by Gasteiger charge is -2.33. The van der Waals surface area contributed by atoms with Gasteiger partial charge in [-0.05, 0) is 0 Å². The van der Waals surface area contributed by atoms with Crippen LogP contribution in [0.2, 0.25) is 0 Å². The summed E-state index contributed by atoms with van der Waals surface area (Å²) in [6, 6.07) is -1.34. The van der Waals surface area contributed by atoms with E-state index in [-0.39, 0.29) is 6.42 Å². The summed E-state index contributed by atoms with van der Waals surface area (Å²) in [5.74, 6) is -1.33. The van der Waals surface area contributed by atoms with Crippen LogP contribution in [0.4, 0.5) is 0 Å². The SMILES string of the molecule is C=CC(CN(CC(C=C)P(=O)(O)O)C(Cc1c[nH]cn1)C(=O)O)P(=O)(O)O. The van der Waals surface area contributed by atoms with Crippen molar-refractivity contribution in [2.75, 3.05) is 13.1 Å². The fourth-order valence-electron chi connectivity index (χ4n) is 2.42. The summed E-state index contributed by atoms with van der Waals surface area (Å²) in [6.07, 6.45) is 4.62. The molecule has 0 fully saturated rings. The summed E-state index contributed by atoms with van der Waals surface area (Å²) in [6.45, 7) is 5.76. The van der Waals surface area contributed by atoms with Crippen LogP contribution in [0.3, 0.4) is 0 Å². The Labute approximate surface area is 155 Å². The predicted octanol–water partition coefficient (Wildman–Crippen LogP) is 0.172. The van der Waals surface area contributed by atoms with Crippen molar-refractivity contribution in [3.63, 3.8) is 0 Å². The van der Waals surface area contributed by atoms with E-state index in [1.54, 1.807) is 0 Å². The van der Waals surface area contributed by atoms with Gasteiger partial charge in [0.1, 0.15) is 6.04 Å². The maximum absolute atomic E-state index is 11.8. The number of carboxylic acid groups (broad SMARTS) is 1. The summed E-state index contributed by atoms with van der Waals surface area (Å²) >= 11 is 0. The molecular weight excluding hydrogens is 400 g/mol. The van der Waals surface area contributed by atoms with Gasteiger partial charge in [0.25, 0.3) is 0 Å². The van der Waals surface area contributed by atoms with Crippen LogP contribution in [-0.4, -0.2) is 76.0 Å². The van der Waals surface area contributed by atoms with Crippen LogP contribution in [-0.2, 0) is 20.3 Å². The lowest BCUT2D eigenvalue weighted by molar-refractivity contribution is -0.143. The van der Waals surface area contributed by atoms with Crippen molar-refractivity contribution in [1.29, 1.82) is 0 Å². The molecule has 11 nitrogen and oxygen atoms in total. The summed E-state index contributed by atoms with van der Waals surface area (Å²) in [4.78, 5) is 57.2. The number of carboxylic acids is 1. The van der Waals surface area contributed by atoms with Gasteiger partial charge in [-0.1, -0.05) is 12.2 Å². The van der Waals surface area contributed by atoms with Gasteiger partial charge in [-0.15, -0.1) is 13.2 Å². The van der Waals surface area contributed by atoms with Crippen LogP contribution in [0.15, 0.2) is 37.8 Å². The minimum atomic E-state index is -4.66. The molecule has 0 spiro atoms. The molecule has 0 bridgehead atoms. The highest BCUT2D eigenvalue weighted by molar-refractivity contribution is 7.53. The molecule has 27 heavy (non-hydrogen) atoms. The molecule has 0 aliphatic heterocycles. The molecule has 1 aromatic heterocycles. The van der Waals surface area contributed by atoms with Crippen LogP contribution < -0.4 is 0 Å². The number of carbonyl (C=O) groups is 1. The predicted molar refractivity (Wildman–Crippen MR) is 97.3 cm³/mol. The molecule has 0 aromatic carbocycles. The van der Waals surface area contributed by atoms with Crippen LogP contribution in [0.5, 0.6) is 0 Å². The number of hydrogen-bond acceptors (Lipinski definition) is 5. The Morgan fingerprint density at radius 2 is 1.63 bits per heavy atom. The van der Waals surface area contributed by atoms with E-state index >= 15 is 0 Å². The zero-order valence-electron chi connectivity index (χ0n) is 14.3. The Morgan fingerprint density at radius 3 is 1.93 bits per heavy atom. The van der Waals surface area contributed by atoms with Gasteiger partial charge in [-0.25, -0.2) is 4.98 Å². The van der Waals surface area contributed by atoms with Gasteiger partial charge in [0.15, 0.2) is 0 Å². The fraction of sp³-hybridized carbons (Fsp3) is 0.429. The Bertz CT molecular complexity index is 706. The number of aromatic nitrogens is 2. The monoisotopic (exact) mass is 423 g/mol. The number of rotatable bonds is 12. The van der Waals surface area contributed by atoms with Crippen LogP contribution >= 0.6 is 15.2 Å². The van der Waals surface area contributed by atoms with Crippen molar-refractivity contribution >= 4 is 21.2 Å². The lowest BCUT2D eigenvalue weighted by Crippen LogP contribution is -2.48. The van der Waals surface area contributed by atoms with Crippen LogP contribution in [0, 0.1) is 0 Å². The lowest BCUT2D eigenvalue weighted by atomic mass is 10.1. The van der Waals surface area contributed by atoms with E-state index in [2.05, 4.69) is 23.1 Å². The third-order valence-electron chi connectivity index (χ3n) is 3.93. The molecule has 0 aliphatic rings. The summed E-state index contributed by atoms with van der Waals surface area (Å²) < 4.78 is 23.2. The quantitative estimate of drug-likeness (QED) is 0.200. The third-order valence-corrected chi connectivity index (χ3v) is 6.41. The van der Waals surface area contributed by atoms with E-state index in [9.17, 15) is 38.6 Å². The number of H-pyrrole nitrogens is 1. The van der Waals surface area contributed by atoms with Gasteiger partial charge in [-0.2, -0.15) is 0 Å². The Kier molecular flexibility index (Phi) is 8.31. The molecule has 0 saturated carbocycles. The molecule has 3 unspecified atom stereocenters. The van der Waals surface area contributed by atoms with Crippen molar-refractivity contribution in [1.82, 2.24) is 14.9 Å². The number of aromatic amines is 1. The molecule has 1 aromatic rings. The second-order valence-corrected chi connectivity index (χ2v) is 9.54. The van der Waals surface area contributed by atoms with Gasteiger partial charge in [-0.3, -0.25) is 18.8 Å². The summed E-state index contributed by atoms with van der Waals surface area (Å²) in [5, 5.41) is 9.60. The molecule has 3 atom stereocenters. The number of hydrogen-bond donors (Lipinski definition) is 6. The molecule has 152 valence electrons. The molecule has 0 radical (unpaired) electrons. The Balaban J connectivity index is 3.25. The van der Waals surface area contributed by atoms with Gasteiger partial charge < -0.3 is 29.7 Å². The van der Waals surface area contributed by atoms with Crippen molar-refractivity contribution < 1.29 is 38.6 Å². The first-order valence-corrected chi connectivity index (χ1v) is 11.1. The maximum atomic E-state index is 11.8. The van der Waals surface area contributed by atoms with Gasteiger partial charge in [0.2, 0.25) is 0 Å². The molecule has 6 N–H and O–H groups in total. The maximum Gasteiger partial charge on any atom is 0.333 e. The zero-order chi connectivity index (χ0) is 20.8. The van der Waals surface area contributed by atoms with E-state index in [0.29, 0.717) is 5.69 Å². The minimum Gasteiger partial charge on any atom is -0.480 e. The van der Waals surface area contributed by atoms with E-state index in [1.807, 2.05) is 0 Å². The fourth-order valence-corrected chi connectivity index (χ4v) is 3.81. The standard InChI is InChI=1S/C14H23N3O8P2/c1-3-11(26(20,21)22)7-17(8-12(4-2)27(23,24)25)13(14(18)19)5-10-6-15-9-16-10/h3-4,6,9,11-13H,1-2,5,7-8H2,(H,15,16)(H,18,19)(H2,20,21,22)(H2,23,24,25). The van der Waals surface area contributed by atoms with Gasteiger partial charge in [0.05, 0.1) is 23.3 Å². The molecule has 0 amide bonds. The second kappa shape index (κ2) is 9.57. The third kappa shape index (κ3) is 7.15.